The molecule has 0 radical (unpaired) electrons. The van der Waals surface area contributed by atoms with Gasteiger partial charge in [-0.3, -0.25) is 19.7 Å². The molecule has 2 amide bonds. The van der Waals surface area contributed by atoms with Crippen molar-refractivity contribution < 1.29 is 24.6 Å². The molecule has 8 heteroatoms. The van der Waals surface area contributed by atoms with Crippen LogP contribution in [0.1, 0.15) is 39.5 Å². The number of rotatable bonds is 7. The maximum Gasteiger partial charge on any atom is 0.268 e. The van der Waals surface area contributed by atoms with E-state index in [-0.39, 0.29) is 0 Å². The van der Waals surface area contributed by atoms with Gasteiger partial charge in [-0.2, -0.15) is 0 Å². The van der Waals surface area contributed by atoms with Crippen molar-refractivity contribution in [3.8, 4) is 11.8 Å². The van der Waals surface area contributed by atoms with Gasteiger partial charge in [0.25, 0.3) is 5.91 Å². The second kappa shape index (κ2) is 12.7. The number of nitrogens with zero attached hydrogens (tertiary/aromatic N) is 1. The van der Waals surface area contributed by atoms with Gasteiger partial charge in [-0.15, -0.1) is 0 Å². The van der Waals surface area contributed by atoms with Crippen LogP contribution >= 0.6 is 0 Å². The number of amides is 2. The average molecular weight is 482 g/mol. The van der Waals surface area contributed by atoms with Gasteiger partial charge in [0, 0.05) is 30.8 Å². The van der Waals surface area contributed by atoms with Gasteiger partial charge in [0.2, 0.25) is 5.91 Å². The van der Waals surface area contributed by atoms with Gasteiger partial charge < -0.3 is 15.2 Å². The lowest BCUT2D eigenvalue weighted by atomic mass is 9.95. The van der Waals surface area contributed by atoms with E-state index in [0.717, 1.165) is 51.3 Å². The van der Waals surface area contributed by atoms with Crippen molar-refractivity contribution in [3.63, 3.8) is 0 Å². The molecule has 0 bridgehead atoms. The number of aliphatic hydroxyl groups is 1. The molecule has 8 nitrogen and oxygen atoms in total. The third-order valence-corrected chi connectivity index (χ3v) is 6.21. The summed E-state index contributed by atoms with van der Waals surface area (Å²) >= 11 is 0. The second-order valence-corrected chi connectivity index (χ2v) is 9.48. The number of carbonyl (C=O) groups excluding carboxylic acids is 2. The van der Waals surface area contributed by atoms with E-state index in [1.54, 1.807) is 12.2 Å². The first-order chi connectivity index (χ1) is 16.8. The first-order valence-corrected chi connectivity index (χ1v) is 12.0. The fraction of sp³-hybridized carbons (Fsp3) is 0.481. The molecule has 1 atom stereocenters. The van der Waals surface area contributed by atoms with Crippen molar-refractivity contribution in [2.45, 2.75) is 51.2 Å². The van der Waals surface area contributed by atoms with E-state index in [1.807, 2.05) is 6.08 Å². The Kier molecular flexibility index (Phi) is 9.64. The molecule has 35 heavy (non-hydrogen) atoms. The number of carbonyl (C=O) groups is 2. The van der Waals surface area contributed by atoms with Crippen molar-refractivity contribution in [1.82, 2.24) is 15.7 Å². The number of allylic oxidation sites excluding steroid dienone is 8. The van der Waals surface area contributed by atoms with Crippen molar-refractivity contribution in [2.75, 3.05) is 32.8 Å². The highest BCUT2D eigenvalue weighted by Gasteiger charge is 2.35. The van der Waals surface area contributed by atoms with E-state index < -0.39 is 23.5 Å². The van der Waals surface area contributed by atoms with Gasteiger partial charge in [0.05, 0.1) is 18.8 Å². The minimum atomic E-state index is -1.54. The molecule has 4 N–H and O–H groups in total. The topological polar surface area (TPSA) is 111 Å². The molecule has 2 aliphatic carbocycles. The fourth-order valence-electron chi connectivity index (χ4n) is 4.08. The maximum absolute atomic E-state index is 12.5. The molecule has 0 unspecified atom stereocenters. The molecule has 0 aromatic rings. The Bertz CT molecular complexity index is 1010. The Balaban J connectivity index is 1.51. The zero-order valence-electron chi connectivity index (χ0n) is 20.5. The molecule has 0 saturated carbocycles. The van der Waals surface area contributed by atoms with Crippen molar-refractivity contribution in [3.05, 3.63) is 58.7 Å². The van der Waals surface area contributed by atoms with Crippen LogP contribution in [0, 0.1) is 11.8 Å². The number of ether oxygens (including phenoxy) is 1. The molecule has 1 saturated heterocycles. The molecule has 1 heterocycles. The number of hydrogen-bond donors (Lipinski definition) is 4. The van der Waals surface area contributed by atoms with E-state index in [9.17, 15) is 14.7 Å². The van der Waals surface area contributed by atoms with Gasteiger partial charge in [-0.05, 0) is 51.2 Å². The molecule has 0 aromatic heterocycles. The zero-order valence-corrected chi connectivity index (χ0v) is 20.5. The monoisotopic (exact) mass is 481 g/mol. The van der Waals surface area contributed by atoms with E-state index in [0.29, 0.717) is 18.4 Å². The zero-order chi connectivity index (χ0) is 25.3. The summed E-state index contributed by atoms with van der Waals surface area (Å²) in [6, 6.07) is -1.28. The Hall–Kier alpha value is -2.96. The number of hydroxylamine groups is 1. The minimum absolute atomic E-state index is 0.464. The van der Waals surface area contributed by atoms with Crippen LogP contribution < -0.4 is 10.8 Å². The molecule has 0 aromatic carbocycles. The Morgan fingerprint density at radius 2 is 1.91 bits per heavy atom. The third-order valence-electron chi connectivity index (χ3n) is 6.21. The Morgan fingerprint density at radius 3 is 2.51 bits per heavy atom. The summed E-state index contributed by atoms with van der Waals surface area (Å²) in [4.78, 5) is 26.7. The molecular formula is C27H35N3O5. The largest absolute Gasteiger partial charge is 0.388 e. The summed E-state index contributed by atoms with van der Waals surface area (Å²) in [7, 11) is 0. The van der Waals surface area contributed by atoms with Crippen molar-refractivity contribution in [2.24, 2.45) is 0 Å². The third kappa shape index (κ3) is 8.34. The predicted molar refractivity (Wildman–Crippen MR) is 133 cm³/mol. The highest BCUT2D eigenvalue weighted by atomic mass is 16.5. The molecule has 1 aliphatic heterocycles. The van der Waals surface area contributed by atoms with Crippen LogP contribution in [-0.4, -0.2) is 71.5 Å². The van der Waals surface area contributed by atoms with Crippen molar-refractivity contribution in [1.29, 1.82) is 0 Å². The summed E-state index contributed by atoms with van der Waals surface area (Å²) in [5, 5.41) is 21.5. The summed E-state index contributed by atoms with van der Waals surface area (Å²) in [5.41, 5.74) is 4.06. The summed E-state index contributed by atoms with van der Waals surface area (Å²) < 4.78 is 5.41. The molecular weight excluding hydrogens is 446 g/mol. The Labute approximate surface area is 207 Å². The quantitative estimate of drug-likeness (QED) is 0.251. The molecule has 0 spiro atoms. The normalized spacial score (nSPS) is 20.0. The lowest BCUT2D eigenvalue weighted by Crippen LogP contribution is -2.57. The molecule has 3 aliphatic rings. The van der Waals surface area contributed by atoms with Crippen LogP contribution in [0.4, 0.5) is 0 Å². The summed E-state index contributed by atoms with van der Waals surface area (Å²) in [5.74, 6) is 4.85. The average Bonchev–Trinajstić information content (AvgIpc) is 2.86. The summed E-state index contributed by atoms with van der Waals surface area (Å²) in [6.45, 7) is 7.43. The lowest BCUT2D eigenvalue weighted by molar-refractivity contribution is -0.140. The first-order valence-electron chi connectivity index (χ1n) is 12.0. The van der Waals surface area contributed by atoms with E-state index in [4.69, 9.17) is 9.94 Å². The maximum atomic E-state index is 12.5. The van der Waals surface area contributed by atoms with E-state index in [1.165, 1.54) is 30.5 Å². The van der Waals surface area contributed by atoms with Gasteiger partial charge in [0.1, 0.15) is 6.04 Å². The highest BCUT2D eigenvalue weighted by molar-refractivity contribution is 5.97. The predicted octanol–water partition coefficient (Wildman–Crippen LogP) is 1.93. The highest BCUT2D eigenvalue weighted by Crippen LogP contribution is 2.21. The van der Waals surface area contributed by atoms with Crippen LogP contribution in [0.15, 0.2) is 58.7 Å². The van der Waals surface area contributed by atoms with Crippen LogP contribution in [0.5, 0.6) is 0 Å². The minimum Gasteiger partial charge on any atom is -0.388 e. The van der Waals surface area contributed by atoms with Gasteiger partial charge in [0.15, 0.2) is 0 Å². The van der Waals surface area contributed by atoms with E-state index in [2.05, 4.69) is 40.3 Å². The number of morpholine rings is 1. The standard InChI is InChI=1S/C27H35N3O5/c1-27(2,33)24(26(32)29-34)28-25(31)23-13-11-21(12-14-23)6-4-3-5-20-7-9-22(10-8-20)19-30-15-17-35-18-16-30/h3,5,7,9,11,13,24,33-34H,8,10,12,14-19H2,1-2H3,(H,28,31)(H,29,32)/b5-3+/t24-/m1/s1. The SMILES string of the molecule is CC(C)(O)[C@H](NC(=O)C1=CC=C(C#C/C=C/C2=CC=C(CN3CCOCC3)CC2)CC1)C(=O)NO. The Morgan fingerprint density at radius 1 is 1.14 bits per heavy atom. The second-order valence-electron chi connectivity index (χ2n) is 9.48. The van der Waals surface area contributed by atoms with Crippen LogP contribution in [-0.2, 0) is 14.3 Å². The number of nitrogens with one attached hydrogen (secondary N) is 2. The first kappa shape index (κ1) is 26.6. The van der Waals surface area contributed by atoms with Gasteiger partial charge in [-0.25, -0.2) is 5.48 Å². The van der Waals surface area contributed by atoms with Gasteiger partial charge >= 0.3 is 0 Å². The lowest BCUT2D eigenvalue weighted by Gasteiger charge is -2.28. The van der Waals surface area contributed by atoms with Crippen LogP contribution in [0.3, 0.4) is 0 Å². The van der Waals surface area contributed by atoms with Gasteiger partial charge in [-0.1, -0.05) is 47.8 Å². The summed E-state index contributed by atoms with van der Waals surface area (Å²) in [6.07, 6.45) is 14.9. The molecule has 188 valence electrons. The fourth-order valence-corrected chi connectivity index (χ4v) is 4.08. The number of hydrogen-bond acceptors (Lipinski definition) is 6. The molecule has 1 fully saturated rings. The molecule has 3 rings (SSSR count). The smallest absolute Gasteiger partial charge is 0.268 e. The van der Waals surface area contributed by atoms with E-state index >= 15 is 0 Å². The van der Waals surface area contributed by atoms with Crippen molar-refractivity contribution >= 4 is 11.8 Å². The van der Waals surface area contributed by atoms with Crippen LogP contribution in [0.25, 0.3) is 0 Å². The van der Waals surface area contributed by atoms with Crippen LogP contribution in [0.2, 0.25) is 0 Å².